The van der Waals surface area contributed by atoms with Crippen molar-refractivity contribution in [2.45, 2.75) is 32.9 Å². The summed E-state index contributed by atoms with van der Waals surface area (Å²) in [5, 5.41) is 14.1. The first-order valence-electron chi connectivity index (χ1n) is 7.69. The molecule has 0 aliphatic carbocycles. The van der Waals surface area contributed by atoms with Crippen LogP contribution in [0.3, 0.4) is 0 Å². The van der Waals surface area contributed by atoms with Crippen LogP contribution in [0.15, 0.2) is 24.5 Å². The molecule has 0 saturated heterocycles. The molecule has 1 aromatic heterocycles. The molecule has 3 N–H and O–H groups in total. The number of carboxylic acid groups (broad SMARTS) is 1. The summed E-state index contributed by atoms with van der Waals surface area (Å²) in [6.07, 6.45) is 3.89. The number of pyridine rings is 1. The third-order valence-electron chi connectivity index (χ3n) is 3.47. The Hall–Kier alpha value is -2.48. The summed E-state index contributed by atoms with van der Waals surface area (Å²) in [4.78, 5) is 38.3. The van der Waals surface area contributed by atoms with Crippen LogP contribution in [0.4, 0.5) is 0 Å². The lowest BCUT2D eigenvalue weighted by Gasteiger charge is -2.20. The van der Waals surface area contributed by atoms with Gasteiger partial charge in [0.2, 0.25) is 11.8 Å². The van der Waals surface area contributed by atoms with Gasteiger partial charge in [0.15, 0.2) is 0 Å². The van der Waals surface area contributed by atoms with Gasteiger partial charge in [-0.25, -0.2) is 4.79 Å². The van der Waals surface area contributed by atoms with Crippen LogP contribution in [0.1, 0.15) is 25.8 Å². The number of carbonyl (C=O) groups is 3. The highest BCUT2D eigenvalue weighted by atomic mass is 16.5. The van der Waals surface area contributed by atoms with Gasteiger partial charge in [-0.05, 0) is 17.5 Å². The van der Waals surface area contributed by atoms with Crippen LogP contribution in [-0.2, 0) is 25.7 Å². The first-order chi connectivity index (χ1) is 11.4. The second-order valence-corrected chi connectivity index (χ2v) is 5.40. The highest BCUT2D eigenvalue weighted by Crippen LogP contribution is 2.07. The molecule has 8 nitrogen and oxygen atoms in total. The van der Waals surface area contributed by atoms with Gasteiger partial charge in [-0.15, -0.1) is 0 Å². The Morgan fingerprint density at radius 2 is 2.00 bits per heavy atom. The van der Waals surface area contributed by atoms with Crippen LogP contribution in [0.5, 0.6) is 0 Å². The Morgan fingerprint density at radius 1 is 1.29 bits per heavy atom. The van der Waals surface area contributed by atoms with Gasteiger partial charge in [0, 0.05) is 18.9 Å². The molecule has 8 heteroatoms. The van der Waals surface area contributed by atoms with E-state index in [-0.39, 0.29) is 25.0 Å². The standard InChI is InChI=1S/C16H23N3O5/c1-3-11(2)15(16(22)23)19-14(21)10-24-9-13(20)18-8-12-5-4-6-17-7-12/h4-7,11,15H,3,8-10H2,1-2H3,(H,18,20)(H,19,21)(H,22,23)/t11-,15-/m0/s1. The van der Waals surface area contributed by atoms with Crippen molar-refractivity contribution in [2.24, 2.45) is 5.92 Å². The summed E-state index contributed by atoms with van der Waals surface area (Å²) >= 11 is 0. The van der Waals surface area contributed by atoms with Crippen molar-refractivity contribution in [1.29, 1.82) is 0 Å². The molecule has 0 bridgehead atoms. The van der Waals surface area contributed by atoms with Gasteiger partial charge >= 0.3 is 5.97 Å². The number of ether oxygens (including phenoxy) is 1. The molecule has 1 rings (SSSR count). The van der Waals surface area contributed by atoms with Crippen LogP contribution in [0, 0.1) is 5.92 Å². The van der Waals surface area contributed by atoms with Gasteiger partial charge in [0.05, 0.1) is 0 Å². The van der Waals surface area contributed by atoms with E-state index in [4.69, 9.17) is 9.84 Å². The molecule has 2 atom stereocenters. The number of aliphatic carboxylic acids is 1. The van der Waals surface area contributed by atoms with E-state index in [1.54, 1.807) is 25.4 Å². The fourth-order valence-electron chi connectivity index (χ4n) is 1.89. The maximum atomic E-state index is 11.7. The van der Waals surface area contributed by atoms with E-state index >= 15 is 0 Å². The molecule has 0 aliphatic rings. The predicted molar refractivity (Wildman–Crippen MR) is 85.9 cm³/mol. The van der Waals surface area contributed by atoms with Crippen LogP contribution >= 0.6 is 0 Å². The lowest BCUT2D eigenvalue weighted by molar-refractivity contribution is -0.144. The lowest BCUT2D eigenvalue weighted by atomic mass is 9.99. The number of carboxylic acids is 1. The maximum absolute atomic E-state index is 11.7. The zero-order valence-corrected chi connectivity index (χ0v) is 13.8. The quantitative estimate of drug-likeness (QED) is 0.566. The van der Waals surface area contributed by atoms with E-state index < -0.39 is 17.9 Å². The summed E-state index contributed by atoms with van der Waals surface area (Å²) in [7, 11) is 0. The molecule has 1 aromatic rings. The monoisotopic (exact) mass is 337 g/mol. The van der Waals surface area contributed by atoms with E-state index in [1.807, 2.05) is 13.0 Å². The first-order valence-corrected chi connectivity index (χ1v) is 7.69. The third kappa shape index (κ3) is 7.19. The van der Waals surface area contributed by atoms with Crippen LogP contribution in [0.2, 0.25) is 0 Å². The Balaban J connectivity index is 2.26. The summed E-state index contributed by atoms with van der Waals surface area (Å²) in [6, 6.07) is 2.62. The summed E-state index contributed by atoms with van der Waals surface area (Å²) < 4.78 is 5.01. The van der Waals surface area contributed by atoms with Crippen molar-refractivity contribution >= 4 is 17.8 Å². The number of hydrogen-bond acceptors (Lipinski definition) is 5. The zero-order valence-electron chi connectivity index (χ0n) is 13.8. The molecule has 0 saturated carbocycles. The molecule has 0 radical (unpaired) electrons. The minimum Gasteiger partial charge on any atom is -0.480 e. The molecule has 132 valence electrons. The van der Waals surface area contributed by atoms with Crippen LogP contribution in [-0.4, -0.2) is 47.1 Å². The minimum absolute atomic E-state index is 0.200. The molecular formula is C16H23N3O5. The smallest absolute Gasteiger partial charge is 0.326 e. The fraction of sp³-hybridized carbons (Fsp3) is 0.500. The van der Waals surface area contributed by atoms with E-state index in [2.05, 4.69) is 15.6 Å². The second-order valence-electron chi connectivity index (χ2n) is 5.40. The van der Waals surface area contributed by atoms with Gasteiger partial charge in [0.1, 0.15) is 19.3 Å². The van der Waals surface area contributed by atoms with Crippen LogP contribution in [0.25, 0.3) is 0 Å². The summed E-state index contributed by atoms with van der Waals surface area (Å²) in [6.45, 7) is 3.24. The normalized spacial score (nSPS) is 12.9. The Kier molecular flexibility index (Phi) is 8.42. The zero-order chi connectivity index (χ0) is 17.9. The molecule has 0 aliphatic heterocycles. The number of nitrogens with zero attached hydrogens (tertiary/aromatic N) is 1. The SMILES string of the molecule is CC[C@H](C)[C@H](NC(=O)COCC(=O)NCc1cccnc1)C(=O)O. The lowest BCUT2D eigenvalue weighted by Crippen LogP contribution is -2.46. The number of nitrogens with one attached hydrogen (secondary N) is 2. The topological polar surface area (TPSA) is 118 Å². The molecule has 0 fully saturated rings. The van der Waals surface area contributed by atoms with Gasteiger partial charge in [0.25, 0.3) is 0 Å². The predicted octanol–water partition coefficient (Wildman–Crippen LogP) is 0.330. The van der Waals surface area contributed by atoms with Gasteiger partial charge in [-0.1, -0.05) is 26.3 Å². The van der Waals surface area contributed by atoms with Crippen molar-refractivity contribution in [3.8, 4) is 0 Å². The van der Waals surface area contributed by atoms with Crippen molar-refractivity contribution in [3.63, 3.8) is 0 Å². The number of amides is 2. The van der Waals surface area contributed by atoms with Crippen molar-refractivity contribution in [2.75, 3.05) is 13.2 Å². The number of aromatic nitrogens is 1. The minimum atomic E-state index is -1.09. The summed E-state index contributed by atoms with van der Waals surface area (Å²) in [5.74, 6) is -2.23. The Labute approximate surface area is 140 Å². The average Bonchev–Trinajstić information content (AvgIpc) is 2.58. The third-order valence-corrected chi connectivity index (χ3v) is 3.47. The largest absolute Gasteiger partial charge is 0.480 e. The van der Waals surface area contributed by atoms with E-state index in [0.717, 1.165) is 5.56 Å². The van der Waals surface area contributed by atoms with Crippen molar-refractivity contribution < 1.29 is 24.2 Å². The molecule has 0 unspecified atom stereocenters. The van der Waals surface area contributed by atoms with E-state index in [0.29, 0.717) is 13.0 Å². The van der Waals surface area contributed by atoms with E-state index in [1.165, 1.54) is 0 Å². The van der Waals surface area contributed by atoms with Gasteiger partial charge in [-0.2, -0.15) is 0 Å². The van der Waals surface area contributed by atoms with Crippen molar-refractivity contribution in [3.05, 3.63) is 30.1 Å². The molecule has 24 heavy (non-hydrogen) atoms. The molecule has 0 aromatic carbocycles. The van der Waals surface area contributed by atoms with E-state index in [9.17, 15) is 14.4 Å². The first kappa shape index (κ1) is 19.6. The highest BCUT2D eigenvalue weighted by Gasteiger charge is 2.25. The van der Waals surface area contributed by atoms with Crippen LogP contribution < -0.4 is 10.6 Å². The molecular weight excluding hydrogens is 314 g/mol. The molecule has 1 heterocycles. The summed E-state index contributed by atoms with van der Waals surface area (Å²) in [5.41, 5.74) is 0.849. The maximum Gasteiger partial charge on any atom is 0.326 e. The number of hydrogen-bond donors (Lipinski definition) is 3. The van der Waals surface area contributed by atoms with Gasteiger partial charge < -0.3 is 20.5 Å². The van der Waals surface area contributed by atoms with Gasteiger partial charge in [-0.3, -0.25) is 14.6 Å². The molecule has 2 amide bonds. The number of rotatable bonds is 10. The Bertz CT molecular complexity index is 550. The number of carbonyl (C=O) groups excluding carboxylic acids is 2. The Morgan fingerprint density at radius 3 is 2.58 bits per heavy atom. The highest BCUT2D eigenvalue weighted by molar-refractivity contribution is 5.84. The van der Waals surface area contributed by atoms with Crippen molar-refractivity contribution in [1.82, 2.24) is 15.6 Å². The average molecular weight is 337 g/mol. The second kappa shape index (κ2) is 10.3. The molecule has 0 spiro atoms. The fourth-order valence-corrected chi connectivity index (χ4v) is 1.89.